The van der Waals surface area contributed by atoms with Gasteiger partial charge in [-0.1, -0.05) is 13.8 Å². The van der Waals surface area contributed by atoms with Crippen LogP contribution in [0.1, 0.15) is 13.8 Å². The molecule has 2 amide bonds. The summed E-state index contributed by atoms with van der Waals surface area (Å²) >= 11 is 0. The fraction of sp³-hybridized carbons (Fsp3) is 0.818. The second-order valence-electron chi connectivity index (χ2n) is 4.44. The third-order valence-electron chi connectivity index (χ3n) is 2.61. The maximum absolute atomic E-state index is 12.2. The number of carboxylic acid groups (broad SMARTS) is 1. The highest BCUT2D eigenvalue weighted by atomic mass is 19.3. The maximum Gasteiger partial charge on any atom is 0.317 e. The van der Waals surface area contributed by atoms with Crippen molar-refractivity contribution in [3.63, 3.8) is 0 Å². The predicted octanol–water partition coefficient (Wildman–Crippen LogP) is 0.612. The topological polar surface area (TPSA) is 89.9 Å². The summed E-state index contributed by atoms with van der Waals surface area (Å²) in [6.07, 6.45) is -2.71. The normalized spacial score (nSPS) is 12.6. The number of hydrogen-bond donors (Lipinski definition) is 3. The van der Waals surface area contributed by atoms with E-state index in [-0.39, 0.29) is 19.0 Å². The Kier molecular flexibility index (Phi) is 7.97. The molecule has 0 aromatic carbocycles. The van der Waals surface area contributed by atoms with Crippen LogP contribution in [0.4, 0.5) is 13.6 Å². The Morgan fingerprint density at radius 2 is 1.89 bits per heavy atom. The molecule has 0 aliphatic heterocycles. The molecule has 8 heteroatoms. The molecule has 1 atom stereocenters. The van der Waals surface area contributed by atoms with Gasteiger partial charge in [0.25, 0.3) is 6.43 Å². The summed E-state index contributed by atoms with van der Waals surface area (Å²) in [7, 11) is 0. The number of carbonyl (C=O) groups excluding carboxylic acids is 1. The molecule has 3 N–H and O–H groups in total. The van der Waals surface area contributed by atoms with Crippen LogP contribution in [0.2, 0.25) is 0 Å². The summed E-state index contributed by atoms with van der Waals surface area (Å²) in [4.78, 5) is 23.3. The van der Waals surface area contributed by atoms with Crippen LogP contribution in [-0.2, 0) is 4.79 Å². The average molecular weight is 282 g/mol. The van der Waals surface area contributed by atoms with E-state index in [4.69, 9.17) is 10.2 Å². The second kappa shape index (κ2) is 8.63. The van der Waals surface area contributed by atoms with Crippen molar-refractivity contribution >= 4 is 12.0 Å². The number of urea groups is 1. The summed E-state index contributed by atoms with van der Waals surface area (Å²) in [5, 5.41) is 19.9. The standard InChI is InChI=1S/C11H20F2N2O4/c1-7(2)8(10(17)18)5-14-11(19)15(3-4-16)6-9(12)13/h7-9,16H,3-6H2,1-2H3,(H,14,19)(H,17,18). The second-order valence-corrected chi connectivity index (χ2v) is 4.44. The molecule has 112 valence electrons. The summed E-state index contributed by atoms with van der Waals surface area (Å²) in [6.45, 7) is 1.77. The first-order chi connectivity index (χ1) is 8.79. The first-order valence-corrected chi connectivity index (χ1v) is 5.94. The molecule has 0 rings (SSSR count). The van der Waals surface area contributed by atoms with E-state index in [0.29, 0.717) is 0 Å². The van der Waals surface area contributed by atoms with E-state index in [1.54, 1.807) is 13.8 Å². The largest absolute Gasteiger partial charge is 0.481 e. The highest BCUT2D eigenvalue weighted by molar-refractivity contribution is 5.76. The Labute approximate surface area is 110 Å². The van der Waals surface area contributed by atoms with Crippen LogP contribution in [0.5, 0.6) is 0 Å². The van der Waals surface area contributed by atoms with Crippen LogP contribution < -0.4 is 5.32 Å². The minimum atomic E-state index is -2.71. The number of aliphatic carboxylic acids is 1. The van der Waals surface area contributed by atoms with Gasteiger partial charge in [0.2, 0.25) is 0 Å². The number of hydrogen-bond acceptors (Lipinski definition) is 3. The van der Waals surface area contributed by atoms with Crippen molar-refractivity contribution in [2.24, 2.45) is 11.8 Å². The monoisotopic (exact) mass is 282 g/mol. The Balaban J connectivity index is 4.42. The highest BCUT2D eigenvalue weighted by Crippen LogP contribution is 2.10. The lowest BCUT2D eigenvalue weighted by Crippen LogP contribution is -2.46. The van der Waals surface area contributed by atoms with E-state index in [9.17, 15) is 18.4 Å². The van der Waals surface area contributed by atoms with Crippen molar-refractivity contribution in [3.05, 3.63) is 0 Å². The average Bonchev–Trinajstić information content (AvgIpc) is 2.26. The molecule has 1 unspecified atom stereocenters. The minimum Gasteiger partial charge on any atom is -0.481 e. The predicted molar refractivity (Wildman–Crippen MR) is 64.0 cm³/mol. The third kappa shape index (κ3) is 6.90. The lowest BCUT2D eigenvalue weighted by molar-refractivity contribution is -0.142. The molecular weight excluding hydrogens is 262 g/mol. The number of aliphatic hydroxyl groups excluding tert-OH is 1. The lowest BCUT2D eigenvalue weighted by atomic mass is 9.96. The van der Waals surface area contributed by atoms with Crippen molar-refractivity contribution in [2.75, 3.05) is 26.2 Å². The van der Waals surface area contributed by atoms with Crippen molar-refractivity contribution < 1.29 is 28.6 Å². The Hall–Kier alpha value is -1.44. The molecule has 0 heterocycles. The van der Waals surface area contributed by atoms with Crippen LogP contribution in [0.15, 0.2) is 0 Å². The van der Waals surface area contributed by atoms with Gasteiger partial charge < -0.3 is 20.4 Å². The van der Waals surface area contributed by atoms with Crippen molar-refractivity contribution in [2.45, 2.75) is 20.3 Å². The van der Waals surface area contributed by atoms with Crippen LogP contribution in [0, 0.1) is 11.8 Å². The molecule has 0 aromatic rings. The maximum atomic E-state index is 12.2. The van der Waals surface area contributed by atoms with Gasteiger partial charge in [-0.05, 0) is 5.92 Å². The van der Waals surface area contributed by atoms with Gasteiger partial charge in [0, 0.05) is 13.1 Å². The van der Waals surface area contributed by atoms with Crippen molar-refractivity contribution in [3.8, 4) is 0 Å². The number of nitrogens with one attached hydrogen (secondary N) is 1. The summed E-state index contributed by atoms with van der Waals surface area (Å²) in [5.74, 6) is -2.04. The molecule has 0 aromatic heterocycles. The molecule has 0 aliphatic carbocycles. The van der Waals surface area contributed by atoms with Gasteiger partial charge in [0.05, 0.1) is 19.1 Å². The zero-order valence-corrected chi connectivity index (χ0v) is 11.0. The number of alkyl halides is 2. The summed E-state index contributed by atoms with van der Waals surface area (Å²) in [6, 6.07) is -0.804. The van der Waals surface area contributed by atoms with E-state index >= 15 is 0 Å². The van der Waals surface area contributed by atoms with Gasteiger partial charge in [-0.3, -0.25) is 4.79 Å². The van der Waals surface area contributed by atoms with Crippen LogP contribution in [-0.4, -0.2) is 59.8 Å². The van der Waals surface area contributed by atoms with Gasteiger partial charge in [0.1, 0.15) is 0 Å². The zero-order valence-electron chi connectivity index (χ0n) is 11.0. The number of halogens is 2. The first-order valence-electron chi connectivity index (χ1n) is 5.94. The fourth-order valence-electron chi connectivity index (χ4n) is 1.48. The van der Waals surface area contributed by atoms with E-state index in [2.05, 4.69) is 5.32 Å². The molecule has 19 heavy (non-hydrogen) atoms. The summed E-state index contributed by atoms with van der Waals surface area (Å²) < 4.78 is 24.5. The van der Waals surface area contributed by atoms with E-state index in [0.717, 1.165) is 4.90 Å². The van der Waals surface area contributed by atoms with E-state index in [1.807, 2.05) is 0 Å². The number of nitrogens with zero attached hydrogens (tertiary/aromatic N) is 1. The van der Waals surface area contributed by atoms with Gasteiger partial charge in [-0.25, -0.2) is 13.6 Å². The third-order valence-corrected chi connectivity index (χ3v) is 2.61. The molecular formula is C11H20F2N2O4. The number of carbonyl (C=O) groups is 2. The summed E-state index contributed by atoms with van der Waals surface area (Å²) in [5.41, 5.74) is 0. The number of aliphatic hydroxyl groups is 1. The number of rotatable bonds is 8. The number of carboxylic acids is 1. The van der Waals surface area contributed by atoms with Crippen LogP contribution >= 0.6 is 0 Å². The van der Waals surface area contributed by atoms with E-state index in [1.165, 1.54) is 0 Å². The molecule has 6 nitrogen and oxygen atoms in total. The Morgan fingerprint density at radius 3 is 2.26 bits per heavy atom. The first kappa shape index (κ1) is 17.6. The van der Waals surface area contributed by atoms with Gasteiger partial charge in [-0.15, -0.1) is 0 Å². The molecule has 0 spiro atoms. The molecule has 0 fully saturated rings. The molecule has 0 saturated carbocycles. The van der Waals surface area contributed by atoms with Gasteiger partial charge in [0.15, 0.2) is 0 Å². The minimum absolute atomic E-state index is 0.142. The molecule has 0 saturated heterocycles. The van der Waals surface area contributed by atoms with Crippen molar-refractivity contribution in [1.29, 1.82) is 0 Å². The fourth-order valence-corrected chi connectivity index (χ4v) is 1.48. The molecule has 0 bridgehead atoms. The molecule has 0 radical (unpaired) electrons. The Morgan fingerprint density at radius 1 is 1.32 bits per heavy atom. The molecule has 0 aliphatic rings. The smallest absolute Gasteiger partial charge is 0.317 e. The quantitative estimate of drug-likeness (QED) is 0.608. The van der Waals surface area contributed by atoms with Gasteiger partial charge in [-0.2, -0.15) is 0 Å². The SMILES string of the molecule is CC(C)C(CNC(=O)N(CCO)CC(F)F)C(=O)O. The van der Waals surface area contributed by atoms with Crippen LogP contribution in [0.25, 0.3) is 0 Å². The van der Waals surface area contributed by atoms with Crippen LogP contribution in [0.3, 0.4) is 0 Å². The Bertz CT molecular complexity index is 300. The number of amides is 2. The zero-order chi connectivity index (χ0) is 15.0. The van der Waals surface area contributed by atoms with Gasteiger partial charge >= 0.3 is 12.0 Å². The highest BCUT2D eigenvalue weighted by Gasteiger charge is 2.24. The van der Waals surface area contributed by atoms with E-state index < -0.39 is 37.5 Å². The van der Waals surface area contributed by atoms with Crippen molar-refractivity contribution in [1.82, 2.24) is 10.2 Å². The lowest BCUT2D eigenvalue weighted by Gasteiger charge is -2.23.